The third-order valence-corrected chi connectivity index (χ3v) is 2.90. The topological polar surface area (TPSA) is 72.7 Å². The molecule has 0 aliphatic carbocycles. The summed E-state index contributed by atoms with van der Waals surface area (Å²) in [4.78, 5) is 0. The molecule has 0 spiro atoms. The Labute approximate surface area is 95.6 Å². The highest BCUT2D eigenvalue weighted by Gasteiger charge is 2.20. The number of benzene rings is 1. The van der Waals surface area contributed by atoms with Gasteiger partial charge in [-0.3, -0.25) is 0 Å². The Hall–Kier alpha value is -1.26. The average Bonchev–Trinajstić information content (AvgIpc) is 2.27. The highest BCUT2D eigenvalue weighted by Crippen LogP contribution is 2.23. The summed E-state index contributed by atoms with van der Waals surface area (Å²) in [5, 5.41) is 31.1. The molecule has 0 heterocycles. The van der Waals surface area contributed by atoms with Crippen molar-refractivity contribution in [2.75, 3.05) is 6.61 Å². The smallest absolute Gasteiger partial charge is 0.123 e. The molecular weight excluding hydrogens is 206 g/mol. The van der Waals surface area contributed by atoms with Gasteiger partial charge in [0.05, 0.1) is 6.61 Å². The van der Waals surface area contributed by atoms with Crippen LogP contribution in [0.25, 0.3) is 0 Å². The molecule has 0 aromatic heterocycles. The van der Waals surface area contributed by atoms with Crippen molar-refractivity contribution >= 4 is 0 Å². The van der Waals surface area contributed by atoms with Crippen molar-refractivity contribution in [2.45, 2.75) is 32.4 Å². The fourth-order valence-electron chi connectivity index (χ4n) is 1.30. The van der Waals surface area contributed by atoms with Crippen molar-refractivity contribution in [2.24, 2.45) is 0 Å². The van der Waals surface area contributed by atoms with Gasteiger partial charge in [-0.1, -0.05) is 13.0 Å². The second kappa shape index (κ2) is 5.18. The molecule has 1 unspecified atom stereocenters. The first-order valence-corrected chi connectivity index (χ1v) is 5.37. The monoisotopic (exact) mass is 225 g/mol. The second-order valence-corrected chi connectivity index (χ2v) is 4.24. The minimum Gasteiger partial charge on any atom is -0.508 e. The number of aliphatic hydroxyl groups is 1. The van der Waals surface area contributed by atoms with Crippen LogP contribution in [0.3, 0.4) is 0 Å². The summed E-state index contributed by atoms with van der Waals surface area (Å²) in [5.41, 5.74) is 0.357. The van der Waals surface area contributed by atoms with E-state index >= 15 is 0 Å². The molecular formula is C12H19NO3. The van der Waals surface area contributed by atoms with Crippen molar-refractivity contribution in [3.63, 3.8) is 0 Å². The summed E-state index contributed by atoms with van der Waals surface area (Å²) < 4.78 is 0. The average molecular weight is 225 g/mol. The van der Waals surface area contributed by atoms with E-state index in [-0.39, 0.29) is 23.6 Å². The molecule has 1 rings (SSSR count). The van der Waals surface area contributed by atoms with E-state index in [0.717, 1.165) is 6.42 Å². The molecule has 4 nitrogen and oxygen atoms in total. The van der Waals surface area contributed by atoms with Gasteiger partial charge in [-0.25, -0.2) is 0 Å². The zero-order valence-electron chi connectivity index (χ0n) is 9.70. The fourth-order valence-corrected chi connectivity index (χ4v) is 1.30. The van der Waals surface area contributed by atoms with E-state index in [1.165, 1.54) is 12.1 Å². The van der Waals surface area contributed by atoms with Crippen molar-refractivity contribution in [1.82, 2.24) is 5.32 Å². The van der Waals surface area contributed by atoms with Gasteiger partial charge in [-0.05, 0) is 19.4 Å². The third-order valence-electron chi connectivity index (χ3n) is 2.90. The molecule has 1 aromatic carbocycles. The molecule has 0 bridgehead atoms. The van der Waals surface area contributed by atoms with Crippen LogP contribution in [0.2, 0.25) is 0 Å². The molecule has 0 amide bonds. The lowest BCUT2D eigenvalue weighted by Crippen LogP contribution is -2.44. The number of phenols is 2. The molecule has 4 heteroatoms. The molecule has 1 aromatic rings. The number of hydrogen-bond acceptors (Lipinski definition) is 4. The molecule has 0 saturated carbocycles. The summed E-state index contributed by atoms with van der Waals surface area (Å²) in [6, 6.07) is 4.49. The van der Waals surface area contributed by atoms with Crippen molar-refractivity contribution in [1.29, 1.82) is 0 Å². The third kappa shape index (κ3) is 3.12. The minimum atomic E-state index is -0.343. The first-order chi connectivity index (χ1) is 7.50. The Morgan fingerprint density at radius 1 is 1.31 bits per heavy atom. The van der Waals surface area contributed by atoms with E-state index in [2.05, 4.69) is 5.32 Å². The molecule has 0 radical (unpaired) electrons. The zero-order chi connectivity index (χ0) is 12.2. The molecule has 16 heavy (non-hydrogen) atoms. The Balaban J connectivity index is 2.67. The van der Waals surface area contributed by atoms with E-state index < -0.39 is 0 Å². The molecule has 0 saturated heterocycles. The Morgan fingerprint density at radius 3 is 2.50 bits per heavy atom. The predicted molar refractivity (Wildman–Crippen MR) is 62.4 cm³/mol. The SMILES string of the molecule is CCC(C)(CO)NCc1ccc(O)cc1O. The van der Waals surface area contributed by atoms with E-state index in [9.17, 15) is 10.2 Å². The summed E-state index contributed by atoms with van der Waals surface area (Å²) in [5.74, 6) is 0.102. The number of nitrogens with one attached hydrogen (secondary N) is 1. The molecule has 90 valence electrons. The zero-order valence-corrected chi connectivity index (χ0v) is 9.70. The van der Waals surface area contributed by atoms with Crippen LogP contribution < -0.4 is 5.32 Å². The lowest BCUT2D eigenvalue weighted by molar-refractivity contribution is 0.168. The Kier molecular flexibility index (Phi) is 4.15. The van der Waals surface area contributed by atoms with Crippen LogP contribution in [-0.2, 0) is 6.54 Å². The standard InChI is InChI=1S/C12H19NO3/c1-3-12(2,8-14)13-7-9-4-5-10(15)6-11(9)16/h4-6,13-16H,3,7-8H2,1-2H3. The maximum Gasteiger partial charge on any atom is 0.123 e. The summed E-state index contributed by atoms with van der Waals surface area (Å²) >= 11 is 0. The van der Waals surface area contributed by atoms with E-state index in [0.29, 0.717) is 12.1 Å². The maximum absolute atomic E-state index is 9.57. The van der Waals surface area contributed by atoms with Crippen LogP contribution in [0.1, 0.15) is 25.8 Å². The first-order valence-electron chi connectivity index (χ1n) is 5.37. The van der Waals surface area contributed by atoms with Crippen LogP contribution >= 0.6 is 0 Å². The fraction of sp³-hybridized carbons (Fsp3) is 0.500. The summed E-state index contributed by atoms with van der Waals surface area (Å²) in [6.07, 6.45) is 0.794. The van der Waals surface area contributed by atoms with Crippen LogP contribution in [0.5, 0.6) is 11.5 Å². The van der Waals surface area contributed by atoms with Gasteiger partial charge in [0, 0.05) is 23.7 Å². The predicted octanol–water partition coefficient (Wildman–Crippen LogP) is 1.35. The molecule has 0 aliphatic heterocycles. The number of hydrogen-bond donors (Lipinski definition) is 4. The normalized spacial score (nSPS) is 14.7. The van der Waals surface area contributed by atoms with Crippen LogP contribution in [0.15, 0.2) is 18.2 Å². The first kappa shape index (κ1) is 12.8. The van der Waals surface area contributed by atoms with Gasteiger partial charge in [0.15, 0.2) is 0 Å². The van der Waals surface area contributed by atoms with Gasteiger partial charge in [-0.2, -0.15) is 0 Å². The molecule has 4 N–H and O–H groups in total. The number of rotatable bonds is 5. The van der Waals surface area contributed by atoms with Gasteiger partial charge in [0.25, 0.3) is 0 Å². The Morgan fingerprint density at radius 2 is 2.00 bits per heavy atom. The summed E-state index contributed by atoms with van der Waals surface area (Å²) in [7, 11) is 0. The minimum absolute atomic E-state index is 0.0432. The van der Waals surface area contributed by atoms with Gasteiger partial charge < -0.3 is 20.6 Å². The van der Waals surface area contributed by atoms with Crippen molar-refractivity contribution < 1.29 is 15.3 Å². The molecule has 0 aliphatic rings. The van der Waals surface area contributed by atoms with Gasteiger partial charge in [-0.15, -0.1) is 0 Å². The van der Waals surface area contributed by atoms with E-state index in [1.807, 2.05) is 13.8 Å². The van der Waals surface area contributed by atoms with E-state index in [1.54, 1.807) is 6.07 Å². The quantitative estimate of drug-likeness (QED) is 0.610. The summed E-state index contributed by atoms with van der Waals surface area (Å²) in [6.45, 7) is 4.41. The van der Waals surface area contributed by atoms with Crippen molar-refractivity contribution in [3.8, 4) is 11.5 Å². The Bertz CT molecular complexity index is 348. The molecule has 0 fully saturated rings. The number of aliphatic hydroxyl groups excluding tert-OH is 1. The van der Waals surface area contributed by atoms with Gasteiger partial charge >= 0.3 is 0 Å². The highest BCUT2D eigenvalue weighted by atomic mass is 16.3. The van der Waals surface area contributed by atoms with Crippen LogP contribution in [-0.4, -0.2) is 27.5 Å². The highest BCUT2D eigenvalue weighted by molar-refractivity contribution is 5.38. The second-order valence-electron chi connectivity index (χ2n) is 4.24. The lowest BCUT2D eigenvalue weighted by Gasteiger charge is -2.27. The largest absolute Gasteiger partial charge is 0.508 e. The molecule has 1 atom stereocenters. The van der Waals surface area contributed by atoms with Crippen LogP contribution in [0, 0.1) is 0 Å². The maximum atomic E-state index is 9.57. The van der Waals surface area contributed by atoms with E-state index in [4.69, 9.17) is 5.11 Å². The van der Waals surface area contributed by atoms with Crippen LogP contribution in [0.4, 0.5) is 0 Å². The van der Waals surface area contributed by atoms with Crippen molar-refractivity contribution in [3.05, 3.63) is 23.8 Å². The lowest BCUT2D eigenvalue weighted by atomic mass is 10.00. The number of phenolic OH excluding ortho intramolecular Hbond substituents is 2. The number of aromatic hydroxyl groups is 2. The van der Waals surface area contributed by atoms with Gasteiger partial charge in [0.2, 0.25) is 0 Å². The van der Waals surface area contributed by atoms with Gasteiger partial charge in [0.1, 0.15) is 11.5 Å².